The standard InChI is InChI=1S/C15H15BrClN/c1-10-3-8-14(17)15(9-10)18-11(2)12-4-6-13(16)7-5-12/h3-9,11,18H,1-2H3. The van der Waals surface area contributed by atoms with Crippen molar-refractivity contribution in [3.8, 4) is 0 Å². The van der Waals surface area contributed by atoms with Crippen LogP contribution in [0.3, 0.4) is 0 Å². The van der Waals surface area contributed by atoms with E-state index in [2.05, 4.69) is 53.3 Å². The van der Waals surface area contributed by atoms with Crippen molar-refractivity contribution in [2.45, 2.75) is 19.9 Å². The minimum atomic E-state index is 0.220. The van der Waals surface area contributed by atoms with Crippen LogP contribution < -0.4 is 5.32 Å². The second-order valence-corrected chi connectivity index (χ2v) is 5.72. The number of rotatable bonds is 3. The van der Waals surface area contributed by atoms with E-state index in [0.29, 0.717) is 0 Å². The molecule has 1 nitrogen and oxygen atoms in total. The first-order valence-corrected chi connectivity index (χ1v) is 7.01. The topological polar surface area (TPSA) is 12.0 Å². The Bertz CT molecular complexity index is 537. The summed E-state index contributed by atoms with van der Waals surface area (Å²) in [6.45, 7) is 4.19. The molecule has 0 heterocycles. The van der Waals surface area contributed by atoms with Gasteiger partial charge < -0.3 is 5.32 Å². The quantitative estimate of drug-likeness (QED) is 0.776. The molecular formula is C15H15BrClN. The smallest absolute Gasteiger partial charge is 0.0637 e. The summed E-state index contributed by atoms with van der Waals surface area (Å²) in [6, 6.07) is 14.5. The van der Waals surface area contributed by atoms with E-state index in [1.54, 1.807) is 0 Å². The van der Waals surface area contributed by atoms with Crippen LogP contribution in [0.2, 0.25) is 5.02 Å². The molecule has 2 rings (SSSR count). The molecule has 3 heteroatoms. The molecule has 0 aliphatic carbocycles. The van der Waals surface area contributed by atoms with Gasteiger partial charge in [-0.25, -0.2) is 0 Å². The van der Waals surface area contributed by atoms with Gasteiger partial charge >= 0.3 is 0 Å². The molecule has 94 valence electrons. The molecule has 1 atom stereocenters. The Morgan fingerprint density at radius 2 is 1.78 bits per heavy atom. The molecule has 0 spiro atoms. The zero-order valence-electron chi connectivity index (χ0n) is 10.4. The summed E-state index contributed by atoms with van der Waals surface area (Å²) in [4.78, 5) is 0. The third-order valence-corrected chi connectivity index (χ3v) is 3.72. The van der Waals surface area contributed by atoms with Crippen molar-refractivity contribution in [3.63, 3.8) is 0 Å². The van der Waals surface area contributed by atoms with Gasteiger partial charge in [0.25, 0.3) is 0 Å². The summed E-state index contributed by atoms with van der Waals surface area (Å²) < 4.78 is 1.09. The van der Waals surface area contributed by atoms with Gasteiger partial charge in [0, 0.05) is 10.5 Å². The van der Waals surface area contributed by atoms with E-state index in [1.807, 2.05) is 24.3 Å². The monoisotopic (exact) mass is 323 g/mol. The summed E-state index contributed by atoms with van der Waals surface area (Å²) in [6.07, 6.45) is 0. The molecule has 1 N–H and O–H groups in total. The minimum Gasteiger partial charge on any atom is -0.377 e. The first kappa shape index (κ1) is 13.4. The normalized spacial score (nSPS) is 12.2. The van der Waals surface area contributed by atoms with E-state index in [1.165, 1.54) is 11.1 Å². The lowest BCUT2D eigenvalue weighted by molar-refractivity contribution is 0.884. The summed E-state index contributed by atoms with van der Waals surface area (Å²) in [5.74, 6) is 0. The number of anilines is 1. The second kappa shape index (κ2) is 5.77. The fourth-order valence-electron chi connectivity index (χ4n) is 1.82. The van der Waals surface area contributed by atoms with Crippen LogP contribution in [-0.4, -0.2) is 0 Å². The van der Waals surface area contributed by atoms with Crippen LogP contribution in [0.25, 0.3) is 0 Å². The highest BCUT2D eigenvalue weighted by molar-refractivity contribution is 9.10. The van der Waals surface area contributed by atoms with Gasteiger partial charge in [0.15, 0.2) is 0 Å². The Hall–Kier alpha value is -0.990. The lowest BCUT2D eigenvalue weighted by Gasteiger charge is -2.17. The molecule has 0 radical (unpaired) electrons. The minimum absolute atomic E-state index is 0.220. The van der Waals surface area contributed by atoms with Crippen molar-refractivity contribution in [1.82, 2.24) is 0 Å². The number of benzene rings is 2. The van der Waals surface area contributed by atoms with Gasteiger partial charge in [-0.3, -0.25) is 0 Å². The first-order chi connectivity index (χ1) is 8.56. The van der Waals surface area contributed by atoms with Crippen molar-refractivity contribution >= 4 is 33.2 Å². The highest BCUT2D eigenvalue weighted by Crippen LogP contribution is 2.27. The molecule has 0 aliphatic heterocycles. The predicted molar refractivity (Wildman–Crippen MR) is 82.4 cm³/mol. The Morgan fingerprint density at radius 3 is 2.44 bits per heavy atom. The highest BCUT2D eigenvalue weighted by Gasteiger charge is 2.07. The van der Waals surface area contributed by atoms with Crippen LogP contribution in [0.5, 0.6) is 0 Å². The Morgan fingerprint density at radius 1 is 1.11 bits per heavy atom. The largest absolute Gasteiger partial charge is 0.377 e. The summed E-state index contributed by atoms with van der Waals surface area (Å²) in [5.41, 5.74) is 3.41. The molecule has 0 bridgehead atoms. The highest BCUT2D eigenvalue weighted by atomic mass is 79.9. The molecule has 0 fully saturated rings. The van der Waals surface area contributed by atoms with Gasteiger partial charge in [-0.1, -0.05) is 45.7 Å². The van der Waals surface area contributed by atoms with Crippen molar-refractivity contribution < 1.29 is 0 Å². The zero-order chi connectivity index (χ0) is 13.1. The van der Waals surface area contributed by atoms with Crippen molar-refractivity contribution in [3.05, 3.63) is 63.1 Å². The zero-order valence-corrected chi connectivity index (χ0v) is 12.7. The summed E-state index contributed by atoms with van der Waals surface area (Å²) in [7, 11) is 0. The van der Waals surface area contributed by atoms with E-state index in [-0.39, 0.29) is 6.04 Å². The number of halogens is 2. The number of aryl methyl sites for hydroxylation is 1. The van der Waals surface area contributed by atoms with Crippen molar-refractivity contribution in [2.75, 3.05) is 5.32 Å². The van der Waals surface area contributed by atoms with E-state index in [0.717, 1.165) is 15.2 Å². The molecule has 18 heavy (non-hydrogen) atoms. The third-order valence-electron chi connectivity index (χ3n) is 2.86. The van der Waals surface area contributed by atoms with E-state index >= 15 is 0 Å². The maximum Gasteiger partial charge on any atom is 0.0637 e. The van der Waals surface area contributed by atoms with E-state index in [4.69, 9.17) is 11.6 Å². The van der Waals surface area contributed by atoms with Gasteiger partial charge in [-0.05, 0) is 49.2 Å². The van der Waals surface area contributed by atoms with Crippen LogP contribution in [-0.2, 0) is 0 Å². The molecule has 0 saturated carbocycles. The lowest BCUT2D eigenvalue weighted by Crippen LogP contribution is -2.06. The second-order valence-electron chi connectivity index (χ2n) is 4.40. The van der Waals surface area contributed by atoms with Crippen LogP contribution in [0.15, 0.2) is 46.9 Å². The van der Waals surface area contributed by atoms with Gasteiger partial charge in [0.05, 0.1) is 10.7 Å². The molecule has 0 aromatic heterocycles. The number of hydrogen-bond acceptors (Lipinski definition) is 1. The van der Waals surface area contributed by atoms with E-state index in [9.17, 15) is 0 Å². The SMILES string of the molecule is Cc1ccc(Cl)c(NC(C)c2ccc(Br)cc2)c1. The summed E-state index contributed by atoms with van der Waals surface area (Å²) in [5, 5.41) is 4.19. The van der Waals surface area contributed by atoms with Gasteiger partial charge in [0.2, 0.25) is 0 Å². The molecule has 0 aliphatic rings. The summed E-state index contributed by atoms with van der Waals surface area (Å²) >= 11 is 9.62. The average molecular weight is 325 g/mol. The lowest BCUT2D eigenvalue weighted by atomic mass is 10.1. The Labute approximate surface area is 121 Å². The van der Waals surface area contributed by atoms with E-state index < -0.39 is 0 Å². The molecule has 2 aromatic rings. The predicted octanol–water partition coefficient (Wildman–Crippen LogP) is 5.58. The van der Waals surface area contributed by atoms with Gasteiger partial charge in [0.1, 0.15) is 0 Å². The average Bonchev–Trinajstić information content (AvgIpc) is 2.34. The van der Waals surface area contributed by atoms with Crippen LogP contribution in [0.4, 0.5) is 5.69 Å². The fourth-order valence-corrected chi connectivity index (χ4v) is 2.25. The third kappa shape index (κ3) is 3.27. The Kier molecular flexibility index (Phi) is 4.31. The van der Waals surface area contributed by atoms with Crippen LogP contribution >= 0.6 is 27.5 Å². The fraction of sp³-hybridized carbons (Fsp3) is 0.200. The van der Waals surface area contributed by atoms with Gasteiger partial charge in [-0.2, -0.15) is 0 Å². The number of nitrogens with one attached hydrogen (secondary N) is 1. The maximum atomic E-state index is 6.18. The Balaban J connectivity index is 2.18. The van der Waals surface area contributed by atoms with Crippen molar-refractivity contribution in [1.29, 1.82) is 0 Å². The number of hydrogen-bond donors (Lipinski definition) is 1. The maximum absolute atomic E-state index is 6.18. The molecule has 2 aromatic carbocycles. The molecule has 0 amide bonds. The van der Waals surface area contributed by atoms with Crippen LogP contribution in [0, 0.1) is 6.92 Å². The van der Waals surface area contributed by atoms with Gasteiger partial charge in [-0.15, -0.1) is 0 Å². The molecule has 0 saturated heterocycles. The van der Waals surface area contributed by atoms with Crippen LogP contribution in [0.1, 0.15) is 24.1 Å². The van der Waals surface area contributed by atoms with Crippen molar-refractivity contribution in [2.24, 2.45) is 0 Å². The molecular weight excluding hydrogens is 310 g/mol. The first-order valence-electron chi connectivity index (χ1n) is 5.84. The molecule has 1 unspecified atom stereocenters.